The topological polar surface area (TPSA) is 134 Å². The molecule has 16 heteroatoms. The van der Waals surface area contributed by atoms with Gasteiger partial charge < -0.3 is 5.32 Å². The number of aromatic nitrogens is 10. The van der Waals surface area contributed by atoms with Crippen molar-refractivity contribution in [2.45, 2.75) is 31.2 Å². The number of halogens is 4. The minimum absolute atomic E-state index is 0.106. The van der Waals surface area contributed by atoms with E-state index in [9.17, 15) is 18.0 Å². The summed E-state index contributed by atoms with van der Waals surface area (Å²) in [5.74, 6) is -1.76. The van der Waals surface area contributed by atoms with E-state index in [-0.39, 0.29) is 28.6 Å². The molecule has 2 atom stereocenters. The Morgan fingerprint density at radius 1 is 1.22 bits per heavy atom. The summed E-state index contributed by atoms with van der Waals surface area (Å²) in [7, 11) is 0. The predicted molar refractivity (Wildman–Crippen MR) is 121 cm³/mol. The molecule has 0 bridgehead atoms. The minimum Gasteiger partial charge on any atom is -0.324 e. The number of hydrogen-bond donors (Lipinski definition) is 1. The van der Waals surface area contributed by atoms with E-state index >= 15 is 0 Å². The monoisotopic (exact) mass is 529 g/mol. The molecule has 0 aromatic carbocycles. The van der Waals surface area contributed by atoms with Gasteiger partial charge in [-0.1, -0.05) is 16.8 Å². The third-order valence-electron chi connectivity index (χ3n) is 6.28. The fourth-order valence-electron chi connectivity index (χ4n) is 4.63. The first-order valence-electron chi connectivity index (χ1n) is 10.8. The van der Waals surface area contributed by atoms with Crippen molar-refractivity contribution in [2.24, 2.45) is 0 Å². The van der Waals surface area contributed by atoms with Crippen LogP contribution in [0, 0.1) is 5.95 Å². The van der Waals surface area contributed by atoms with Crippen LogP contribution < -0.4 is 5.32 Å². The standard InChI is InChI=1S/C21H15ClF3N11O/c1-21(14-9-34(20(24)25)33-31-14)6-11(12-8-26-16-5-15(23)32-35(16)17(12)21)19(37)30-10-4-13(22)18(27-7-10)36-28-2-3-29-36/h2-5,7-9,11,20H,6H2,1H3,(H,30,37)/t11-,21+/m1/s1. The summed E-state index contributed by atoms with van der Waals surface area (Å²) in [6, 6.07) is 2.63. The summed E-state index contributed by atoms with van der Waals surface area (Å²) in [4.78, 5) is 23.2. The molecule has 0 aliphatic heterocycles. The van der Waals surface area contributed by atoms with Crippen LogP contribution in [0.2, 0.25) is 5.02 Å². The largest absolute Gasteiger partial charge is 0.334 e. The molecule has 1 aliphatic rings. The Morgan fingerprint density at radius 3 is 2.70 bits per heavy atom. The Labute approximate surface area is 210 Å². The van der Waals surface area contributed by atoms with Crippen LogP contribution in [0.4, 0.5) is 18.9 Å². The molecule has 5 aromatic heterocycles. The van der Waals surface area contributed by atoms with E-state index in [1.54, 1.807) is 6.92 Å². The van der Waals surface area contributed by atoms with Crippen LogP contribution in [0.1, 0.15) is 42.8 Å². The van der Waals surface area contributed by atoms with Gasteiger partial charge in [-0.3, -0.25) is 4.79 Å². The molecule has 1 aliphatic carbocycles. The number of fused-ring (bicyclic) bond motifs is 3. The fourth-order valence-corrected chi connectivity index (χ4v) is 4.87. The number of rotatable bonds is 5. The summed E-state index contributed by atoms with van der Waals surface area (Å²) in [6.07, 6.45) is 7.01. The highest BCUT2D eigenvalue weighted by Gasteiger charge is 2.49. The number of anilines is 1. The van der Waals surface area contributed by atoms with E-state index in [1.165, 1.54) is 40.2 Å². The normalized spacial score (nSPS) is 19.0. The highest BCUT2D eigenvalue weighted by molar-refractivity contribution is 6.32. The number of nitrogens with zero attached hydrogens (tertiary/aromatic N) is 10. The molecule has 1 amide bonds. The van der Waals surface area contributed by atoms with Gasteiger partial charge in [0.2, 0.25) is 11.9 Å². The highest BCUT2D eigenvalue weighted by Crippen LogP contribution is 2.49. The van der Waals surface area contributed by atoms with E-state index in [1.807, 2.05) is 0 Å². The van der Waals surface area contributed by atoms with Crippen LogP contribution in [0.3, 0.4) is 0 Å². The van der Waals surface area contributed by atoms with Crippen molar-refractivity contribution in [3.05, 3.63) is 71.0 Å². The zero-order valence-electron chi connectivity index (χ0n) is 18.8. The average Bonchev–Trinajstić information content (AvgIpc) is 3.64. The van der Waals surface area contributed by atoms with Gasteiger partial charge in [0.25, 0.3) is 0 Å². The summed E-state index contributed by atoms with van der Waals surface area (Å²) >= 11 is 6.32. The third-order valence-corrected chi connectivity index (χ3v) is 6.56. The molecule has 0 unspecified atom stereocenters. The number of carbonyl (C=O) groups excluding carboxylic acids is 1. The number of hydrogen-bond acceptors (Lipinski definition) is 8. The Kier molecular flexibility index (Phi) is 5.18. The van der Waals surface area contributed by atoms with Gasteiger partial charge >= 0.3 is 6.55 Å². The maximum Gasteiger partial charge on any atom is 0.334 e. The van der Waals surface area contributed by atoms with E-state index in [0.717, 1.165) is 12.3 Å². The smallest absolute Gasteiger partial charge is 0.324 e. The van der Waals surface area contributed by atoms with Crippen LogP contribution >= 0.6 is 11.6 Å². The van der Waals surface area contributed by atoms with Gasteiger partial charge in [0.15, 0.2) is 11.5 Å². The first kappa shape index (κ1) is 23.0. The molecular weight excluding hydrogens is 515 g/mol. The van der Waals surface area contributed by atoms with Gasteiger partial charge in [0.05, 0.1) is 58.2 Å². The lowest BCUT2D eigenvalue weighted by atomic mass is 9.83. The molecule has 188 valence electrons. The van der Waals surface area contributed by atoms with Crippen molar-refractivity contribution in [3.8, 4) is 5.82 Å². The molecule has 1 N–H and O–H groups in total. The maximum absolute atomic E-state index is 14.1. The quantitative estimate of drug-likeness (QED) is 0.367. The second-order valence-electron chi connectivity index (χ2n) is 8.59. The number of amides is 1. The van der Waals surface area contributed by atoms with E-state index in [2.05, 4.69) is 40.9 Å². The lowest BCUT2D eigenvalue weighted by molar-refractivity contribution is -0.117. The van der Waals surface area contributed by atoms with Gasteiger partial charge in [-0.15, -0.1) is 15.0 Å². The first-order valence-corrected chi connectivity index (χ1v) is 11.2. The van der Waals surface area contributed by atoms with Gasteiger partial charge in [-0.05, 0) is 19.4 Å². The Morgan fingerprint density at radius 2 is 2.00 bits per heavy atom. The van der Waals surface area contributed by atoms with Crippen LogP contribution in [-0.2, 0) is 10.2 Å². The molecule has 6 rings (SSSR count). The minimum atomic E-state index is -2.90. The molecule has 0 fully saturated rings. The van der Waals surface area contributed by atoms with Crippen LogP contribution in [0.25, 0.3) is 11.5 Å². The average molecular weight is 530 g/mol. The Balaban J connectivity index is 1.38. The summed E-state index contributed by atoms with van der Waals surface area (Å²) < 4.78 is 42.2. The van der Waals surface area contributed by atoms with Crippen LogP contribution in [0.5, 0.6) is 0 Å². The number of carbonyl (C=O) groups is 1. The molecule has 12 nitrogen and oxygen atoms in total. The first-order chi connectivity index (χ1) is 17.7. The van der Waals surface area contributed by atoms with Crippen molar-refractivity contribution in [1.29, 1.82) is 0 Å². The van der Waals surface area contributed by atoms with Gasteiger partial charge in [-0.25, -0.2) is 14.5 Å². The molecular formula is C21H15ClF3N11O. The lowest BCUT2D eigenvalue weighted by Gasteiger charge is -2.23. The second-order valence-corrected chi connectivity index (χ2v) is 8.99. The highest BCUT2D eigenvalue weighted by atomic mass is 35.5. The summed E-state index contributed by atoms with van der Waals surface area (Å²) in [6.45, 7) is -1.19. The van der Waals surface area contributed by atoms with Crippen LogP contribution in [0.15, 0.2) is 43.1 Å². The zero-order chi connectivity index (χ0) is 25.9. The molecule has 0 saturated carbocycles. The van der Waals surface area contributed by atoms with Gasteiger partial charge in [0, 0.05) is 17.8 Å². The van der Waals surface area contributed by atoms with E-state index in [0.29, 0.717) is 21.6 Å². The predicted octanol–water partition coefficient (Wildman–Crippen LogP) is 2.92. The summed E-state index contributed by atoms with van der Waals surface area (Å²) in [5.41, 5.74) is 0.411. The van der Waals surface area contributed by atoms with Crippen molar-refractivity contribution >= 4 is 28.8 Å². The maximum atomic E-state index is 14.1. The van der Waals surface area contributed by atoms with Gasteiger partial charge in [0.1, 0.15) is 0 Å². The molecule has 0 radical (unpaired) electrons. The molecule has 0 spiro atoms. The van der Waals surface area contributed by atoms with E-state index < -0.39 is 29.7 Å². The number of nitrogens with one attached hydrogen (secondary N) is 1. The van der Waals surface area contributed by atoms with Gasteiger partial charge in [-0.2, -0.15) is 28.1 Å². The number of alkyl halides is 2. The number of pyridine rings is 1. The lowest BCUT2D eigenvalue weighted by Crippen LogP contribution is -2.26. The SMILES string of the molecule is C[C@@]1(c2cn(C(F)F)nn2)C[C@@H](C(=O)Nc2cnc(-n3nccn3)c(Cl)c2)c2cnc3cc(F)nn3c21. The molecule has 5 heterocycles. The van der Waals surface area contributed by atoms with Crippen molar-refractivity contribution in [3.63, 3.8) is 0 Å². The van der Waals surface area contributed by atoms with Crippen molar-refractivity contribution in [2.75, 3.05) is 5.32 Å². The second kappa shape index (κ2) is 8.33. The van der Waals surface area contributed by atoms with Crippen LogP contribution in [-0.4, -0.2) is 55.5 Å². The van der Waals surface area contributed by atoms with Crippen molar-refractivity contribution in [1.82, 2.24) is 49.6 Å². The third kappa shape index (κ3) is 3.69. The fraction of sp³-hybridized carbons (Fsp3) is 0.238. The Bertz CT molecular complexity index is 1650. The molecule has 37 heavy (non-hydrogen) atoms. The molecule has 0 saturated heterocycles. The zero-order valence-corrected chi connectivity index (χ0v) is 19.6. The molecule has 5 aromatic rings. The van der Waals surface area contributed by atoms with E-state index in [4.69, 9.17) is 11.6 Å². The van der Waals surface area contributed by atoms with Crippen molar-refractivity contribution < 1.29 is 18.0 Å². The summed E-state index contributed by atoms with van der Waals surface area (Å²) in [5, 5.41) is 22.2. The Hall–Kier alpha value is -4.40.